The summed E-state index contributed by atoms with van der Waals surface area (Å²) in [6.07, 6.45) is 7.95. The van der Waals surface area contributed by atoms with Crippen molar-refractivity contribution in [2.24, 2.45) is 0 Å². The van der Waals surface area contributed by atoms with Gasteiger partial charge < -0.3 is 9.72 Å². The van der Waals surface area contributed by atoms with E-state index in [-0.39, 0.29) is 18.0 Å². The molecule has 5 heteroatoms. The second-order valence-corrected chi connectivity index (χ2v) is 6.84. The largest absolute Gasteiger partial charge is 0.497 e. The number of halogens is 1. The Morgan fingerprint density at radius 2 is 1.81 bits per heavy atom. The number of aromatic nitrogens is 1. The van der Waals surface area contributed by atoms with Crippen LogP contribution in [0, 0.1) is 0 Å². The fourth-order valence-electron chi connectivity index (χ4n) is 2.61. The molecule has 0 amide bonds. The maximum atomic E-state index is 12.1. The Balaban J connectivity index is 1.60. The quantitative estimate of drug-likeness (QED) is 0.419. The summed E-state index contributed by atoms with van der Waals surface area (Å²) < 4.78 is 6.02. The Morgan fingerprint density at radius 3 is 2.59 bits per heavy atom. The Bertz CT molecular complexity index is 1050. The molecule has 3 rings (SSSR count). The highest BCUT2D eigenvalue weighted by Crippen LogP contribution is 2.23. The van der Waals surface area contributed by atoms with Gasteiger partial charge in [0, 0.05) is 16.2 Å². The van der Waals surface area contributed by atoms with Gasteiger partial charge in [-0.2, -0.15) is 0 Å². The number of allylic oxidation sites excluding steroid dienone is 2. The smallest absolute Gasteiger partial charge is 0.163 e. The van der Waals surface area contributed by atoms with Crippen molar-refractivity contribution < 1.29 is 14.3 Å². The number of ether oxygens (including phenoxy) is 1. The van der Waals surface area contributed by atoms with E-state index in [2.05, 4.69) is 20.9 Å². The average molecular weight is 424 g/mol. The molecule has 0 bridgehead atoms. The molecule has 1 heterocycles. The first-order valence-electron chi connectivity index (χ1n) is 8.37. The molecule has 0 spiro atoms. The monoisotopic (exact) mass is 423 g/mol. The molecular weight excluding hydrogens is 406 g/mol. The lowest BCUT2D eigenvalue weighted by Gasteiger charge is -2.03. The highest BCUT2D eigenvalue weighted by atomic mass is 79.9. The highest BCUT2D eigenvalue weighted by Gasteiger charge is 2.05. The van der Waals surface area contributed by atoms with Gasteiger partial charge in [0.15, 0.2) is 11.6 Å². The van der Waals surface area contributed by atoms with Crippen LogP contribution in [0.3, 0.4) is 0 Å². The van der Waals surface area contributed by atoms with Crippen molar-refractivity contribution in [3.63, 3.8) is 0 Å². The van der Waals surface area contributed by atoms with Crippen molar-refractivity contribution in [1.29, 1.82) is 0 Å². The van der Waals surface area contributed by atoms with Gasteiger partial charge in [-0.05, 0) is 59.0 Å². The number of nitrogens with one attached hydrogen (secondary N) is 1. The lowest BCUT2D eigenvalue weighted by atomic mass is 10.1. The number of methoxy groups -OCH3 is 1. The van der Waals surface area contributed by atoms with Crippen LogP contribution >= 0.6 is 15.9 Å². The molecule has 0 saturated carbocycles. The number of ketones is 2. The van der Waals surface area contributed by atoms with Gasteiger partial charge in [-0.15, -0.1) is 0 Å². The van der Waals surface area contributed by atoms with Gasteiger partial charge in [0.2, 0.25) is 0 Å². The van der Waals surface area contributed by atoms with E-state index in [0.717, 1.165) is 26.5 Å². The molecule has 0 unspecified atom stereocenters. The fourth-order valence-corrected chi connectivity index (χ4v) is 2.99. The summed E-state index contributed by atoms with van der Waals surface area (Å²) >= 11 is 3.43. The number of hydrogen-bond donors (Lipinski definition) is 1. The summed E-state index contributed by atoms with van der Waals surface area (Å²) in [6, 6.07) is 13.3. The minimum atomic E-state index is -0.251. The van der Waals surface area contributed by atoms with Gasteiger partial charge >= 0.3 is 0 Å². The molecule has 0 fully saturated rings. The lowest BCUT2D eigenvalue weighted by Crippen LogP contribution is -2.01. The Kier molecular flexibility index (Phi) is 6.04. The Morgan fingerprint density at radius 1 is 1.04 bits per heavy atom. The van der Waals surface area contributed by atoms with Crippen molar-refractivity contribution in [3.05, 3.63) is 76.4 Å². The molecule has 136 valence electrons. The van der Waals surface area contributed by atoms with E-state index in [1.165, 1.54) is 12.2 Å². The summed E-state index contributed by atoms with van der Waals surface area (Å²) in [7, 11) is 1.58. The topological polar surface area (TPSA) is 59.2 Å². The molecule has 0 atom stereocenters. The SMILES string of the molecule is COc1ccc(Br)c(/C=C/C(=O)CC(=O)/C=C/c2ccc3cc[nH]c3c2)c1. The van der Waals surface area contributed by atoms with Crippen LogP contribution in [0.15, 0.2) is 65.3 Å². The summed E-state index contributed by atoms with van der Waals surface area (Å²) in [5.74, 6) is 0.212. The maximum absolute atomic E-state index is 12.1. The lowest BCUT2D eigenvalue weighted by molar-refractivity contribution is -0.121. The first-order valence-corrected chi connectivity index (χ1v) is 9.17. The molecule has 0 radical (unpaired) electrons. The third kappa shape index (κ3) is 5.05. The van der Waals surface area contributed by atoms with Crippen molar-refractivity contribution in [3.8, 4) is 5.75 Å². The van der Waals surface area contributed by atoms with Gasteiger partial charge in [0.25, 0.3) is 0 Å². The molecule has 2 aromatic carbocycles. The molecule has 0 aliphatic carbocycles. The van der Waals surface area contributed by atoms with Gasteiger partial charge in [-0.1, -0.05) is 40.2 Å². The molecule has 0 aliphatic heterocycles. The van der Waals surface area contributed by atoms with Crippen molar-refractivity contribution >= 4 is 50.6 Å². The van der Waals surface area contributed by atoms with Crippen LogP contribution in [-0.4, -0.2) is 23.7 Å². The van der Waals surface area contributed by atoms with E-state index in [1.807, 2.05) is 48.7 Å². The minimum Gasteiger partial charge on any atom is -0.497 e. The molecule has 4 nitrogen and oxygen atoms in total. The number of H-pyrrole nitrogens is 1. The van der Waals surface area contributed by atoms with Crippen molar-refractivity contribution in [2.75, 3.05) is 7.11 Å². The third-order valence-electron chi connectivity index (χ3n) is 4.04. The standard InChI is InChI=1S/C22H18BrNO3/c1-27-20-8-9-21(23)17(13-20)5-7-19(26)14-18(25)6-3-15-2-4-16-10-11-24-22(16)12-15/h2-13,24H,14H2,1H3/b6-3+,7-5+. The summed E-state index contributed by atoms with van der Waals surface area (Å²) in [4.78, 5) is 27.2. The molecular formula is C22H18BrNO3. The van der Waals surface area contributed by atoms with Crippen LogP contribution in [0.2, 0.25) is 0 Å². The van der Waals surface area contributed by atoms with Crippen LogP contribution in [-0.2, 0) is 9.59 Å². The maximum Gasteiger partial charge on any atom is 0.163 e. The van der Waals surface area contributed by atoms with E-state index in [1.54, 1.807) is 19.3 Å². The zero-order valence-corrected chi connectivity index (χ0v) is 16.3. The zero-order chi connectivity index (χ0) is 19.2. The van der Waals surface area contributed by atoms with Gasteiger partial charge in [0.1, 0.15) is 5.75 Å². The Labute approximate surface area is 165 Å². The summed E-state index contributed by atoms with van der Waals surface area (Å²) in [6.45, 7) is 0. The minimum absolute atomic E-state index is 0.167. The van der Waals surface area contributed by atoms with E-state index in [0.29, 0.717) is 5.75 Å². The average Bonchev–Trinajstić information content (AvgIpc) is 3.13. The van der Waals surface area contributed by atoms with E-state index < -0.39 is 0 Å². The molecule has 0 aliphatic rings. The number of aromatic amines is 1. The number of benzene rings is 2. The van der Waals surface area contributed by atoms with Crippen LogP contribution in [0.5, 0.6) is 5.75 Å². The normalized spacial score (nSPS) is 11.5. The molecule has 1 aromatic heterocycles. The summed E-state index contributed by atoms with van der Waals surface area (Å²) in [5, 5.41) is 1.11. The van der Waals surface area contributed by atoms with Gasteiger partial charge in [-0.3, -0.25) is 9.59 Å². The van der Waals surface area contributed by atoms with Crippen LogP contribution in [0.1, 0.15) is 17.5 Å². The fraction of sp³-hybridized carbons (Fsp3) is 0.0909. The van der Waals surface area contributed by atoms with E-state index in [4.69, 9.17) is 4.74 Å². The van der Waals surface area contributed by atoms with Gasteiger partial charge in [-0.25, -0.2) is 0 Å². The predicted octanol–water partition coefficient (Wildman–Crippen LogP) is 5.19. The van der Waals surface area contributed by atoms with Crippen molar-refractivity contribution in [2.45, 2.75) is 6.42 Å². The molecule has 3 aromatic rings. The van der Waals surface area contributed by atoms with Crippen LogP contribution < -0.4 is 4.74 Å². The van der Waals surface area contributed by atoms with Crippen molar-refractivity contribution in [1.82, 2.24) is 4.98 Å². The first kappa shape index (κ1) is 18.9. The van der Waals surface area contributed by atoms with Gasteiger partial charge in [0.05, 0.1) is 13.5 Å². The van der Waals surface area contributed by atoms with Crippen LogP contribution in [0.25, 0.3) is 23.1 Å². The van der Waals surface area contributed by atoms with Crippen LogP contribution in [0.4, 0.5) is 0 Å². The second kappa shape index (κ2) is 8.64. The molecule has 1 N–H and O–H groups in total. The number of rotatable bonds is 7. The first-order chi connectivity index (χ1) is 13.0. The zero-order valence-electron chi connectivity index (χ0n) is 14.7. The predicted molar refractivity (Wildman–Crippen MR) is 112 cm³/mol. The van der Waals surface area contributed by atoms with E-state index in [9.17, 15) is 9.59 Å². The molecule has 27 heavy (non-hydrogen) atoms. The third-order valence-corrected chi connectivity index (χ3v) is 4.76. The number of carbonyl (C=O) groups is 2. The number of fused-ring (bicyclic) bond motifs is 1. The second-order valence-electron chi connectivity index (χ2n) is 5.99. The highest BCUT2D eigenvalue weighted by molar-refractivity contribution is 9.10. The Hall–Kier alpha value is -2.92. The van der Waals surface area contributed by atoms with E-state index >= 15 is 0 Å². The summed E-state index contributed by atoms with van der Waals surface area (Å²) in [5.41, 5.74) is 2.72. The molecule has 0 saturated heterocycles. The number of hydrogen-bond acceptors (Lipinski definition) is 3. The number of carbonyl (C=O) groups excluding carboxylic acids is 2.